The minimum absolute atomic E-state index is 0.0210. The summed E-state index contributed by atoms with van der Waals surface area (Å²) in [6, 6.07) is 4.09. The van der Waals surface area contributed by atoms with Crippen LogP contribution in [0.1, 0.15) is 13.3 Å². The molecule has 0 aliphatic carbocycles. The van der Waals surface area contributed by atoms with Crippen molar-refractivity contribution < 1.29 is 13.5 Å². The van der Waals surface area contributed by atoms with Crippen molar-refractivity contribution in [2.24, 2.45) is 5.14 Å². The van der Waals surface area contributed by atoms with Gasteiger partial charge in [-0.25, -0.2) is 13.6 Å². The van der Waals surface area contributed by atoms with Gasteiger partial charge < -0.3 is 16.2 Å². The third-order valence-electron chi connectivity index (χ3n) is 2.42. The molecule has 1 unspecified atom stereocenters. The fourth-order valence-electron chi connectivity index (χ4n) is 1.35. The first-order valence-electron chi connectivity index (χ1n) is 5.18. The van der Waals surface area contributed by atoms with Gasteiger partial charge in [0.15, 0.2) is 0 Å². The van der Waals surface area contributed by atoms with E-state index in [1.165, 1.54) is 18.2 Å². The zero-order chi connectivity index (χ0) is 13.1. The van der Waals surface area contributed by atoms with Gasteiger partial charge in [-0.15, -0.1) is 0 Å². The second-order valence-electron chi connectivity index (χ2n) is 3.73. The van der Waals surface area contributed by atoms with Crippen molar-refractivity contribution in [3.63, 3.8) is 0 Å². The van der Waals surface area contributed by atoms with Crippen molar-refractivity contribution in [3.8, 4) is 0 Å². The van der Waals surface area contributed by atoms with E-state index in [-0.39, 0.29) is 23.2 Å². The summed E-state index contributed by atoms with van der Waals surface area (Å²) in [7, 11) is -3.74. The molecule has 6 N–H and O–H groups in total. The first-order valence-corrected chi connectivity index (χ1v) is 6.72. The molecule has 0 bridgehead atoms. The molecule has 0 radical (unpaired) electrons. The molecule has 1 rings (SSSR count). The molecule has 0 aromatic heterocycles. The van der Waals surface area contributed by atoms with Crippen molar-refractivity contribution >= 4 is 21.4 Å². The van der Waals surface area contributed by atoms with Crippen molar-refractivity contribution in [3.05, 3.63) is 18.2 Å². The zero-order valence-electron chi connectivity index (χ0n) is 9.55. The summed E-state index contributed by atoms with van der Waals surface area (Å²) in [5, 5.41) is 17.0. The highest BCUT2D eigenvalue weighted by Gasteiger charge is 2.11. The third-order valence-corrected chi connectivity index (χ3v) is 3.34. The number of aliphatic hydroxyl groups excluding tert-OH is 1. The Kier molecular flexibility index (Phi) is 4.33. The van der Waals surface area contributed by atoms with Crippen molar-refractivity contribution in [2.75, 3.05) is 17.7 Å². The smallest absolute Gasteiger partial charge is 0.238 e. The molecule has 1 aromatic rings. The lowest BCUT2D eigenvalue weighted by molar-refractivity contribution is 0.272. The van der Waals surface area contributed by atoms with Gasteiger partial charge in [0, 0.05) is 6.04 Å². The van der Waals surface area contributed by atoms with E-state index in [2.05, 4.69) is 5.32 Å². The van der Waals surface area contributed by atoms with Gasteiger partial charge in [0.05, 0.1) is 22.9 Å². The molecule has 0 saturated heterocycles. The second kappa shape index (κ2) is 5.35. The third kappa shape index (κ3) is 3.58. The van der Waals surface area contributed by atoms with E-state index < -0.39 is 10.0 Å². The summed E-state index contributed by atoms with van der Waals surface area (Å²) >= 11 is 0. The number of hydrogen-bond acceptors (Lipinski definition) is 5. The largest absolute Gasteiger partial charge is 0.397 e. The van der Waals surface area contributed by atoms with Gasteiger partial charge in [0.1, 0.15) is 0 Å². The second-order valence-corrected chi connectivity index (χ2v) is 5.29. The number of nitrogens with one attached hydrogen (secondary N) is 1. The van der Waals surface area contributed by atoms with Crippen LogP contribution in [-0.2, 0) is 10.0 Å². The maximum atomic E-state index is 11.1. The maximum Gasteiger partial charge on any atom is 0.238 e. The Bertz CT molecular complexity index is 484. The van der Waals surface area contributed by atoms with Crippen LogP contribution >= 0.6 is 0 Å². The zero-order valence-corrected chi connectivity index (χ0v) is 10.4. The van der Waals surface area contributed by atoms with Crippen LogP contribution in [0.25, 0.3) is 0 Å². The van der Waals surface area contributed by atoms with E-state index in [4.69, 9.17) is 16.0 Å². The number of rotatable bonds is 5. The predicted molar refractivity (Wildman–Crippen MR) is 67.0 cm³/mol. The monoisotopic (exact) mass is 259 g/mol. The molecule has 1 atom stereocenters. The Hall–Kier alpha value is -1.31. The number of sulfonamides is 1. The van der Waals surface area contributed by atoms with E-state index in [1.54, 1.807) is 0 Å². The number of hydrogen-bond donors (Lipinski definition) is 4. The molecule has 0 aliphatic rings. The molecule has 0 amide bonds. The van der Waals surface area contributed by atoms with Gasteiger partial charge in [-0.05, 0) is 24.6 Å². The summed E-state index contributed by atoms with van der Waals surface area (Å²) < 4.78 is 22.2. The highest BCUT2D eigenvalue weighted by atomic mass is 32.2. The molecule has 0 heterocycles. The molecule has 0 spiro atoms. The summed E-state index contributed by atoms with van der Waals surface area (Å²) in [6.07, 6.45) is 0.729. The summed E-state index contributed by atoms with van der Waals surface area (Å²) in [5.41, 5.74) is 6.57. The lowest BCUT2D eigenvalue weighted by Crippen LogP contribution is -2.23. The fourth-order valence-corrected chi connectivity index (χ4v) is 1.89. The van der Waals surface area contributed by atoms with Crippen LogP contribution in [0.4, 0.5) is 11.4 Å². The van der Waals surface area contributed by atoms with E-state index in [0.29, 0.717) is 5.69 Å². The molecule has 6 nitrogen and oxygen atoms in total. The van der Waals surface area contributed by atoms with E-state index >= 15 is 0 Å². The average molecular weight is 259 g/mol. The van der Waals surface area contributed by atoms with Gasteiger partial charge in [0.25, 0.3) is 0 Å². The Labute approximate surface area is 101 Å². The number of primary sulfonamides is 1. The normalized spacial score (nSPS) is 13.4. The molecule has 0 fully saturated rings. The average Bonchev–Trinajstić information content (AvgIpc) is 2.26. The predicted octanol–water partition coefficient (Wildman–Crippen LogP) is 0.0990. The number of anilines is 2. The van der Waals surface area contributed by atoms with Crippen molar-refractivity contribution in [2.45, 2.75) is 24.3 Å². The van der Waals surface area contributed by atoms with Crippen LogP contribution in [0.2, 0.25) is 0 Å². The molecule has 0 aliphatic heterocycles. The lowest BCUT2D eigenvalue weighted by Gasteiger charge is -2.17. The lowest BCUT2D eigenvalue weighted by atomic mass is 10.2. The highest BCUT2D eigenvalue weighted by Crippen LogP contribution is 2.22. The summed E-state index contributed by atoms with van der Waals surface area (Å²) in [6.45, 7) is 1.90. The van der Waals surface area contributed by atoms with E-state index in [0.717, 1.165) is 6.42 Å². The molecule has 0 saturated carbocycles. The van der Waals surface area contributed by atoms with Crippen LogP contribution in [0.5, 0.6) is 0 Å². The molecular formula is C10H17N3O3S. The van der Waals surface area contributed by atoms with Crippen LogP contribution in [0.15, 0.2) is 23.1 Å². The van der Waals surface area contributed by atoms with Crippen molar-refractivity contribution in [1.82, 2.24) is 0 Å². The topological polar surface area (TPSA) is 118 Å². The number of aliphatic hydroxyl groups is 1. The molecule has 17 heavy (non-hydrogen) atoms. The number of nitrogens with two attached hydrogens (primary N) is 2. The van der Waals surface area contributed by atoms with Crippen LogP contribution in [0.3, 0.4) is 0 Å². The standard InChI is InChI=1S/C10H17N3O3S/c1-2-7(6-14)13-10-4-3-8(5-9(10)11)17(12,15)16/h3-5,7,13-14H,2,6,11H2,1H3,(H2,12,15,16). The van der Waals surface area contributed by atoms with Crippen molar-refractivity contribution in [1.29, 1.82) is 0 Å². The van der Waals surface area contributed by atoms with Gasteiger partial charge in [-0.2, -0.15) is 0 Å². The Balaban J connectivity index is 2.98. The van der Waals surface area contributed by atoms with Crippen LogP contribution in [-0.4, -0.2) is 26.2 Å². The van der Waals surface area contributed by atoms with Crippen LogP contribution < -0.4 is 16.2 Å². The molecule has 1 aromatic carbocycles. The Morgan fingerprint density at radius 3 is 2.53 bits per heavy atom. The maximum absolute atomic E-state index is 11.1. The number of benzene rings is 1. The first-order chi connectivity index (χ1) is 7.88. The van der Waals surface area contributed by atoms with Crippen LogP contribution in [0, 0.1) is 0 Å². The summed E-state index contributed by atoms with van der Waals surface area (Å²) in [4.78, 5) is -0.0300. The summed E-state index contributed by atoms with van der Waals surface area (Å²) in [5.74, 6) is 0. The van der Waals surface area contributed by atoms with Gasteiger partial charge in [-0.1, -0.05) is 6.92 Å². The molecule has 96 valence electrons. The fraction of sp³-hybridized carbons (Fsp3) is 0.400. The SMILES string of the molecule is CCC(CO)Nc1ccc(S(N)(=O)=O)cc1N. The minimum atomic E-state index is -3.74. The van der Waals surface area contributed by atoms with E-state index in [1.807, 2.05) is 6.92 Å². The van der Waals surface area contributed by atoms with E-state index in [9.17, 15) is 8.42 Å². The van der Waals surface area contributed by atoms with Gasteiger partial charge in [0.2, 0.25) is 10.0 Å². The Morgan fingerprint density at radius 2 is 2.12 bits per heavy atom. The Morgan fingerprint density at radius 1 is 1.47 bits per heavy atom. The van der Waals surface area contributed by atoms with Gasteiger partial charge >= 0.3 is 0 Å². The quantitative estimate of drug-likeness (QED) is 0.559. The highest BCUT2D eigenvalue weighted by molar-refractivity contribution is 7.89. The van der Waals surface area contributed by atoms with Gasteiger partial charge in [-0.3, -0.25) is 0 Å². The first kappa shape index (κ1) is 13.8. The molecule has 7 heteroatoms. The minimum Gasteiger partial charge on any atom is -0.397 e. The number of nitrogen functional groups attached to an aromatic ring is 1. The molecular weight excluding hydrogens is 242 g/mol.